The van der Waals surface area contributed by atoms with E-state index in [1.807, 2.05) is 6.07 Å². The van der Waals surface area contributed by atoms with Gasteiger partial charge in [-0.2, -0.15) is 0 Å². The highest BCUT2D eigenvalue weighted by atomic mass is 79.9. The topological polar surface area (TPSA) is 29.3 Å². The van der Waals surface area contributed by atoms with Gasteiger partial charge in [0.1, 0.15) is 5.82 Å². The molecule has 0 spiro atoms. The van der Waals surface area contributed by atoms with Crippen LogP contribution in [0.3, 0.4) is 0 Å². The first-order valence-electron chi connectivity index (χ1n) is 5.97. The molecule has 2 rings (SSSR count). The van der Waals surface area contributed by atoms with E-state index in [9.17, 15) is 4.39 Å². The van der Waals surface area contributed by atoms with Crippen molar-refractivity contribution in [1.82, 2.24) is 4.90 Å². The maximum Gasteiger partial charge on any atom is 0.124 e. The van der Waals surface area contributed by atoms with Gasteiger partial charge in [-0.05, 0) is 49.6 Å². The molecule has 5 heteroatoms. The number of nitrogens with two attached hydrogens (primary N) is 1. The predicted molar refractivity (Wildman–Crippen MR) is 78.4 cm³/mol. The highest BCUT2D eigenvalue weighted by Gasteiger charge is 2.27. The van der Waals surface area contributed by atoms with Crippen molar-refractivity contribution in [2.45, 2.75) is 25.9 Å². The first-order chi connectivity index (χ1) is 8.08. The van der Waals surface area contributed by atoms with Crippen LogP contribution in [-0.4, -0.2) is 24.0 Å². The van der Waals surface area contributed by atoms with Gasteiger partial charge < -0.3 is 5.73 Å². The summed E-state index contributed by atoms with van der Waals surface area (Å²) in [6.07, 6.45) is 1.15. The molecule has 1 fully saturated rings. The number of hydrogen-bond acceptors (Lipinski definition) is 2. The van der Waals surface area contributed by atoms with E-state index < -0.39 is 0 Å². The average Bonchev–Trinajstić information content (AvgIpc) is 2.58. The Bertz CT molecular complexity index is 382. The van der Waals surface area contributed by atoms with E-state index in [4.69, 9.17) is 5.73 Å². The van der Waals surface area contributed by atoms with Crippen molar-refractivity contribution in [3.63, 3.8) is 0 Å². The number of halogens is 3. The van der Waals surface area contributed by atoms with Crippen molar-refractivity contribution in [2.75, 3.05) is 13.1 Å². The minimum absolute atomic E-state index is 0. The lowest BCUT2D eigenvalue weighted by atomic mass is 10.1. The van der Waals surface area contributed by atoms with E-state index in [1.54, 1.807) is 6.07 Å². The van der Waals surface area contributed by atoms with E-state index in [0.29, 0.717) is 12.0 Å². The summed E-state index contributed by atoms with van der Waals surface area (Å²) in [5.74, 6) is 0.401. The third-order valence-electron chi connectivity index (χ3n) is 3.43. The molecule has 0 bridgehead atoms. The third-order valence-corrected chi connectivity index (χ3v) is 3.89. The van der Waals surface area contributed by atoms with Gasteiger partial charge in [-0.25, -0.2) is 4.39 Å². The molecular weight excluding hydrogens is 319 g/mol. The largest absolute Gasteiger partial charge is 0.330 e. The van der Waals surface area contributed by atoms with Crippen molar-refractivity contribution < 1.29 is 4.39 Å². The fourth-order valence-electron chi connectivity index (χ4n) is 2.55. The van der Waals surface area contributed by atoms with Crippen LogP contribution < -0.4 is 5.73 Å². The second-order valence-electron chi connectivity index (χ2n) is 4.89. The number of likely N-dealkylation sites (tertiary alicyclic amines) is 1. The first-order valence-corrected chi connectivity index (χ1v) is 6.77. The van der Waals surface area contributed by atoms with Crippen LogP contribution in [0, 0.1) is 11.7 Å². The second-order valence-corrected chi connectivity index (χ2v) is 5.81. The van der Waals surface area contributed by atoms with Crippen molar-refractivity contribution in [2.24, 2.45) is 11.7 Å². The lowest BCUT2D eigenvalue weighted by Crippen LogP contribution is -2.27. The van der Waals surface area contributed by atoms with Gasteiger partial charge >= 0.3 is 0 Å². The molecule has 1 aromatic carbocycles. The van der Waals surface area contributed by atoms with Gasteiger partial charge in [-0.15, -0.1) is 12.4 Å². The standard InChI is InChI=1S/C13H18BrFN2.ClH/c1-9-2-11(6-16)8-17(9)7-10-3-12(14)5-13(15)4-10;/h3-5,9,11H,2,6-8,16H2,1H3;1H. The van der Waals surface area contributed by atoms with Crippen LogP contribution in [0.15, 0.2) is 22.7 Å². The molecular formula is C13H19BrClFN2. The smallest absolute Gasteiger partial charge is 0.124 e. The molecule has 0 aromatic heterocycles. The normalized spacial score (nSPS) is 24.0. The molecule has 2 nitrogen and oxygen atoms in total. The highest BCUT2D eigenvalue weighted by Crippen LogP contribution is 2.25. The molecule has 2 unspecified atom stereocenters. The zero-order chi connectivity index (χ0) is 12.4. The lowest BCUT2D eigenvalue weighted by molar-refractivity contribution is 0.255. The minimum Gasteiger partial charge on any atom is -0.330 e. The average molecular weight is 338 g/mol. The van der Waals surface area contributed by atoms with Crippen LogP contribution in [0.5, 0.6) is 0 Å². The summed E-state index contributed by atoms with van der Waals surface area (Å²) in [4.78, 5) is 2.37. The van der Waals surface area contributed by atoms with Crippen LogP contribution in [0.2, 0.25) is 0 Å². The predicted octanol–water partition coefficient (Wildman–Crippen LogP) is 3.18. The molecule has 1 aliphatic rings. The van der Waals surface area contributed by atoms with Crippen molar-refractivity contribution >= 4 is 28.3 Å². The van der Waals surface area contributed by atoms with Crippen molar-refractivity contribution in [1.29, 1.82) is 0 Å². The van der Waals surface area contributed by atoms with Crippen LogP contribution in [0.25, 0.3) is 0 Å². The molecule has 2 atom stereocenters. The molecule has 0 aliphatic carbocycles. The molecule has 2 N–H and O–H groups in total. The van der Waals surface area contributed by atoms with Gasteiger partial charge in [-0.3, -0.25) is 4.90 Å². The molecule has 0 saturated carbocycles. The summed E-state index contributed by atoms with van der Waals surface area (Å²) in [6.45, 7) is 4.78. The van der Waals surface area contributed by atoms with Gasteiger partial charge in [0.05, 0.1) is 0 Å². The summed E-state index contributed by atoms with van der Waals surface area (Å²) >= 11 is 3.32. The molecule has 1 aliphatic heterocycles. The maximum absolute atomic E-state index is 13.3. The summed E-state index contributed by atoms with van der Waals surface area (Å²) in [7, 11) is 0. The lowest BCUT2D eigenvalue weighted by Gasteiger charge is -2.21. The van der Waals surface area contributed by atoms with Gasteiger partial charge in [0.15, 0.2) is 0 Å². The quantitative estimate of drug-likeness (QED) is 0.918. The van der Waals surface area contributed by atoms with Crippen LogP contribution in [0.4, 0.5) is 4.39 Å². The molecule has 102 valence electrons. The number of rotatable bonds is 3. The van der Waals surface area contributed by atoms with E-state index in [-0.39, 0.29) is 18.2 Å². The van der Waals surface area contributed by atoms with E-state index in [1.165, 1.54) is 6.07 Å². The van der Waals surface area contributed by atoms with E-state index in [0.717, 1.165) is 36.1 Å². The van der Waals surface area contributed by atoms with Gasteiger partial charge in [0.25, 0.3) is 0 Å². The van der Waals surface area contributed by atoms with Gasteiger partial charge in [0.2, 0.25) is 0 Å². The summed E-state index contributed by atoms with van der Waals surface area (Å²) in [5.41, 5.74) is 6.72. The second kappa shape index (κ2) is 6.85. The summed E-state index contributed by atoms with van der Waals surface area (Å²) < 4.78 is 14.1. The van der Waals surface area contributed by atoms with E-state index >= 15 is 0 Å². The maximum atomic E-state index is 13.3. The van der Waals surface area contributed by atoms with Crippen LogP contribution >= 0.6 is 28.3 Å². The Kier molecular flexibility index (Phi) is 6.05. The fourth-order valence-corrected chi connectivity index (χ4v) is 3.06. The number of nitrogens with zero attached hydrogens (tertiary/aromatic N) is 1. The Balaban J connectivity index is 0.00000162. The molecule has 1 heterocycles. The Morgan fingerprint density at radius 3 is 2.72 bits per heavy atom. The Labute approximate surface area is 122 Å². The van der Waals surface area contributed by atoms with Crippen LogP contribution in [0.1, 0.15) is 18.9 Å². The van der Waals surface area contributed by atoms with Gasteiger partial charge in [-0.1, -0.05) is 15.9 Å². The molecule has 1 saturated heterocycles. The van der Waals surface area contributed by atoms with Crippen molar-refractivity contribution in [3.8, 4) is 0 Å². The molecule has 1 aromatic rings. The van der Waals surface area contributed by atoms with Crippen LogP contribution in [-0.2, 0) is 6.54 Å². The first kappa shape index (κ1) is 15.9. The zero-order valence-corrected chi connectivity index (χ0v) is 12.8. The summed E-state index contributed by atoms with van der Waals surface area (Å²) in [5, 5.41) is 0. The fraction of sp³-hybridized carbons (Fsp3) is 0.538. The Morgan fingerprint density at radius 1 is 1.44 bits per heavy atom. The molecule has 18 heavy (non-hydrogen) atoms. The molecule has 0 radical (unpaired) electrons. The van der Waals surface area contributed by atoms with Crippen molar-refractivity contribution in [3.05, 3.63) is 34.1 Å². The van der Waals surface area contributed by atoms with E-state index in [2.05, 4.69) is 27.8 Å². The summed E-state index contributed by atoms with van der Waals surface area (Å²) in [6, 6.07) is 5.60. The highest BCUT2D eigenvalue weighted by molar-refractivity contribution is 9.10. The third kappa shape index (κ3) is 3.92. The Hall–Kier alpha value is -0.160. The number of hydrogen-bond donors (Lipinski definition) is 1. The Morgan fingerprint density at radius 2 is 2.17 bits per heavy atom. The molecule has 0 amide bonds. The number of benzene rings is 1. The monoisotopic (exact) mass is 336 g/mol. The minimum atomic E-state index is -0.184. The van der Waals surface area contributed by atoms with Gasteiger partial charge in [0, 0.05) is 23.6 Å². The zero-order valence-electron chi connectivity index (χ0n) is 10.4. The SMILES string of the molecule is CC1CC(CN)CN1Cc1cc(F)cc(Br)c1.Cl.